The molecule has 0 aliphatic heterocycles. The summed E-state index contributed by atoms with van der Waals surface area (Å²) in [5.74, 6) is -1.52. The standard InChI is InChI=1S/C29H40N4O7/c1-8-29(5,6)33(26(37)22(17-23(30)35)32-27(38)40-28(2,3)4)24(18-9-13-20(34)14-10-18)25(36)31-19-11-15-21(39-7)16-12-19/h9-16,22,24,34H,8,17H2,1-7H3,(H2,30,35)(H,31,36)(H,32,38). The highest BCUT2D eigenvalue weighted by atomic mass is 16.6. The second-order valence-electron chi connectivity index (χ2n) is 11.0. The van der Waals surface area contributed by atoms with Gasteiger partial charge in [-0.05, 0) is 83.0 Å². The van der Waals surface area contributed by atoms with Crippen LogP contribution in [0.25, 0.3) is 0 Å². The Morgan fingerprint density at radius 2 is 1.55 bits per heavy atom. The van der Waals surface area contributed by atoms with Crippen molar-refractivity contribution in [2.75, 3.05) is 12.4 Å². The maximum absolute atomic E-state index is 14.2. The van der Waals surface area contributed by atoms with Crippen LogP contribution in [0, 0.1) is 0 Å². The zero-order valence-corrected chi connectivity index (χ0v) is 24.1. The lowest BCUT2D eigenvalue weighted by atomic mass is 9.91. The first-order chi connectivity index (χ1) is 18.6. The monoisotopic (exact) mass is 556 g/mol. The van der Waals surface area contributed by atoms with Crippen molar-refractivity contribution in [3.63, 3.8) is 0 Å². The fraction of sp³-hybridized carbons (Fsp3) is 0.448. The topological polar surface area (TPSA) is 160 Å². The largest absolute Gasteiger partial charge is 0.508 e. The van der Waals surface area contributed by atoms with Gasteiger partial charge in [0.1, 0.15) is 29.2 Å². The molecule has 0 spiro atoms. The second kappa shape index (κ2) is 13.2. The number of benzene rings is 2. The Labute approximate surface area is 235 Å². The first kappa shape index (κ1) is 31.9. The number of phenolic OH excluding ortho intramolecular Hbond substituents is 1. The molecule has 0 aromatic heterocycles. The van der Waals surface area contributed by atoms with Crippen LogP contribution in [0.2, 0.25) is 0 Å². The molecule has 0 saturated carbocycles. The molecule has 2 unspecified atom stereocenters. The molecule has 2 aromatic carbocycles. The Morgan fingerprint density at radius 3 is 2.02 bits per heavy atom. The van der Waals surface area contributed by atoms with E-state index in [1.807, 2.05) is 6.92 Å². The summed E-state index contributed by atoms with van der Waals surface area (Å²) in [7, 11) is 1.53. The number of carbonyl (C=O) groups is 4. The molecule has 5 N–H and O–H groups in total. The van der Waals surface area contributed by atoms with E-state index in [9.17, 15) is 24.3 Å². The lowest BCUT2D eigenvalue weighted by Gasteiger charge is -2.44. The number of alkyl carbamates (subject to hydrolysis) is 1. The molecular formula is C29H40N4O7. The fourth-order valence-electron chi connectivity index (χ4n) is 3.92. The number of carbonyl (C=O) groups excluding carboxylic acids is 4. The van der Waals surface area contributed by atoms with Crippen LogP contribution in [0.5, 0.6) is 11.5 Å². The molecule has 11 nitrogen and oxygen atoms in total. The van der Waals surface area contributed by atoms with Crippen molar-refractivity contribution in [3.8, 4) is 11.5 Å². The third kappa shape index (κ3) is 8.89. The number of nitrogens with one attached hydrogen (secondary N) is 2. The zero-order chi connectivity index (χ0) is 30.3. The minimum Gasteiger partial charge on any atom is -0.508 e. The normalized spacial score (nSPS) is 13.0. The Kier molecular flexibility index (Phi) is 10.5. The first-order valence-electron chi connectivity index (χ1n) is 12.9. The zero-order valence-electron chi connectivity index (χ0n) is 24.1. The lowest BCUT2D eigenvalue weighted by Crippen LogP contribution is -2.59. The maximum atomic E-state index is 14.2. The number of amides is 4. The molecule has 4 amide bonds. The van der Waals surface area contributed by atoms with Crippen LogP contribution in [0.4, 0.5) is 10.5 Å². The van der Waals surface area contributed by atoms with Crippen LogP contribution in [0.15, 0.2) is 48.5 Å². The van der Waals surface area contributed by atoms with E-state index in [1.165, 1.54) is 36.3 Å². The van der Waals surface area contributed by atoms with Gasteiger partial charge in [0.05, 0.1) is 13.5 Å². The summed E-state index contributed by atoms with van der Waals surface area (Å²) >= 11 is 0. The van der Waals surface area contributed by atoms with Crippen LogP contribution in [-0.2, 0) is 19.1 Å². The van der Waals surface area contributed by atoms with E-state index in [-0.39, 0.29) is 5.75 Å². The van der Waals surface area contributed by atoms with Gasteiger partial charge in [-0.1, -0.05) is 19.1 Å². The van der Waals surface area contributed by atoms with Gasteiger partial charge in [-0.2, -0.15) is 0 Å². The van der Waals surface area contributed by atoms with Crippen molar-refractivity contribution in [2.45, 2.75) is 77.6 Å². The molecule has 0 bridgehead atoms. The summed E-state index contributed by atoms with van der Waals surface area (Å²) in [6, 6.07) is 9.91. The smallest absolute Gasteiger partial charge is 0.408 e. The fourth-order valence-corrected chi connectivity index (χ4v) is 3.92. The summed E-state index contributed by atoms with van der Waals surface area (Å²) in [5, 5.41) is 15.2. The van der Waals surface area contributed by atoms with Crippen molar-refractivity contribution >= 4 is 29.5 Å². The van der Waals surface area contributed by atoms with E-state index in [1.54, 1.807) is 58.9 Å². The molecule has 2 rings (SSSR count). The third-order valence-corrected chi connectivity index (χ3v) is 6.22. The molecule has 2 atom stereocenters. The quantitative estimate of drug-likeness (QED) is 0.327. The van der Waals surface area contributed by atoms with Crippen molar-refractivity contribution in [3.05, 3.63) is 54.1 Å². The van der Waals surface area contributed by atoms with E-state index in [0.717, 1.165) is 0 Å². The van der Waals surface area contributed by atoms with Gasteiger partial charge < -0.3 is 35.8 Å². The van der Waals surface area contributed by atoms with E-state index in [4.69, 9.17) is 15.2 Å². The lowest BCUT2D eigenvalue weighted by molar-refractivity contribution is -0.148. The van der Waals surface area contributed by atoms with E-state index < -0.39 is 53.5 Å². The average Bonchev–Trinajstić information content (AvgIpc) is 2.86. The van der Waals surface area contributed by atoms with Gasteiger partial charge in [-0.15, -0.1) is 0 Å². The van der Waals surface area contributed by atoms with Crippen LogP contribution in [0.1, 0.15) is 66.0 Å². The molecule has 2 aromatic rings. The van der Waals surface area contributed by atoms with Gasteiger partial charge in [-0.3, -0.25) is 14.4 Å². The van der Waals surface area contributed by atoms with Gasteiger partial charge in [0.15, 0.2) is 0 Å². The predicted molar refractivity (Wildman–Crippen MR) is 151 cm³/mol. The maximum Gasteiger partial charge on any atom is 0.408 e. The highest BCUT2D eigenvalue weighted by Crippen LogP contribution is 2.34. The average molecular weight is 557 g/mol. The number of aromatic hydroxyl groups is 1. The minimum absolute atomic E-state index is 0.0242. The SMILES string of the molecule is CCC(C)(C)N(C(=O)C(CC(N)=O)NC(=O)OC(C)(C)C)C(C(=O)Nc1ccc(OC)cc1)c1ccc(O)cc1. The van der Waals surface area contributed by atoms with Crippen LogP contribution in [-0.4, -0.2) is 58.1 Å². The van der Waals surface area contributed by atoms with Crippen molar-refractivity contribution in [1.82, 2.24) is 10.2 Å². The number of primary amides is 1. The van der Waals surface area contributed by atoms with Gasteiger partial charge >= 0.3 is 6.09 Å². The van der Waals surface area contributed by atoms with E-state index in [2.05, 4.69) is 10.6 Å². The first-order valence-corrected chi connectivity index (χ1v) is 12.9. The van der Waals surface area contributed by atoms with Crippen molar-refractivity contribution < 1.29 is 33.8 Å². The summed E-state index contributed by atoms with van der Waals surface area (Å²) in [5.41, 5.74) is 4.50. The summed E-state index contributed by atoms with van der Waals surface area (Å²) in [4.78, 5) is 54.1. The molecule has 0 aliphatic carbocycles. The summed E-state index contributed by atoms with van der Waals surface area (Å²) in [6.07, 6.45) is -1.01. The van der Waals surface area contributed by atoms with E-state index in [0.29, 0.717) is 23.4 Å². The number of hydrogen-bond acceptors (Lipinski definition) is 7. The molecule has 0 heterocycles. The van der Waals surface area contributed by atoms with Gasteiger partial charge in [0, 0.05) is 11.2 Å². The third-order valence-electron chi connectivity index (χ3n) is 6.22. The molecule has 218 valence electrons. The highest BCUT2D eigenvalue weighted by molar-refractivity contribution is 6.00. The highest BCUT2D eigenvalue weighted by Gasteiger charge is 2.43. The van der Waals surface area contributed by atoms with Crippen LogP contribution in [0.3, 0.4) is 0 Å². The van der Waals surface area contributed by atoms with Crippen molar-refractivity contribution in [1.29, 1.82) is 0 Å². The molecule has 0 fully saturated rings. The number of rotatable bonds is 11. The summed E-state index contributed by atoms with van der Waals surface area (Å²) < 4.78 is 10.5. The Hall–Kier alpha value is -4.28. The van der Waals surface area contributed by atoms with Gasteiger partial charge in [-0.25, -0.2) is 4.79 Å². The molecule has 0 radical (unpaired) electrons. The predicted octanol–water partition coefficient (Wildman–Crippen LogP) is 3.87. The Balaban J connectivity index is 2.61. The number of methoxy groups -OCH3 is 1. The van der Waals surface area contributed by atoms with Gasteiger partial charge in [0.2, 0.25) is 11.8 Å². The minimum atomic E-state index is -1.41. The van der Waals surface area contributed by atoms with Crippen molar-refractivity contribution in [2.24, 2.45) is 5.73 Å². The van der Waals surface area contributed by atoms with E-state index >= 15 is 0 Å². The number of ether oxygens (including phenoxy) is 2. The van der Waals surface area contributed by atoms with Crippen LogP contribution >= 0.6 is 0 Å². The van der Waals surface area contributed by atoms with Gasteiger partial charge in [0.25, 0.3) is 5.91 Å². The number of phenols is 1. The Bertz CT molecular complexity index is 1190. The number of nitrogens with zero attached hydrogens (tertiary/aromatic N) is 1. The molecular weight excluding hydrogens is 516 g/mol. The molecule has 0 saturated heterocycles. The summed E-state index contributed by atoms with van der Waals surface area (Å²) in [6.45, 7) is 10.4. The molecule has 40 heavy (non-hydrogen) atoms. The Morgan fingerprint density at radius 1 is 0.975 bits per heavy atom. The second-order valence-corrected chi connectivity index (χ2v) is 11.0. The number of anilines is 1. The number of hydrogen-bond donors (Lipinski definition) is 4. The molecule has 0 aliphatic rings. The number of nitrogens with two attached hydrogens (primary N) is 1. The van der Waals surface area contributed by atoms with Crippen LogP contribution < -0.4 is 21.1 Å². The molecule has 11 heteroatoms.